The maximum atomic E-state index is 11.5. The van der Waals surface area contributed by atoms with Gasteiger partial charge in [-0.1, -0.05) is 18.2 Å². The molecule has 0 bridgehead atoms. The van der Waals surface area contributed by atoms with Gasteiger partial charge in [0.25, 0.3) is 0 Å². The molecule has 0 saturated carbocycles. The van der Waals surface area contributed by atoms with Gasteiger partial charge in [0.2, 0.25) is 0 Å². The lowest BCUT2D eigenvalue weighted by Gasteiger charge is -2.09. The predicted octanol–water partition coefficient (Wildman–Crippen LogP) is 3.05. The van der Waals surface area contributed by atoms with Crippen LogP contribution in [0.2, 0.25) is 0 Å². The van der Waals surface area contributed by atoms with Gasteiger partial charge < -0.3 is 8.92 Å². The van der Waals surface area contributed by atoms with E-state index in [2.05, 4.69) is 0 Å². The van der Waals surface area contributed by atoms with Crippen molar-refractivity contribution in [1.82, 2.24) is 0 Å². The molecule has 0 aliphatic heterocycles. The van der Waals surface area contributed by atoms with Gasteiger partial charge in [-0.2, -0.15) is 0 Å². The maximum Gasteiger partial charge on any atom is 0.350 e. The molecule has 0 amide bonds. The van der Waals surface area contributed by atoms with Crippen LogP contribution >= 0.6 is 21.9 Å². The van der Waals surface area contributed by atoms with E-state index in [-0.39, 0.29) is 11.4 Å². The molecule has 0 spiro atoms. The highest BCUT2D eigenvalue weighted by Gasteiger charge is 2.11. The van der Waals surface area contributed by atoms with Crippen LogP contribution in [0.25, 0.3) is 0 Å². The van der Waals surface area contributed by atoms with Crippen LogP contribution in [0.5, 0.6) is 0 Å². The Morgan fingerprint density at radius 3 is 2.47 bits per heavy atom. The third-order valence-electron chi connectivity index (χ3n) is 1.63. The third-order valence-corrected chi connectivity index (χ3v) is 3.54. The second-order valence-electron chi connectivity index (χ2n) is 3.08. The maximum absolute atomic E-state index is 11.5. The van der Waals surface area contributed by atoms with Gasteiger partial charge in [-0.15, -0.1) is 0 Å². The molecule has 0 aromatic heterocycles. The minimum absolute atomic E-state index is 0.360. The van der Waals surface area contributed by atoms with Crippen molar-refractivity contribution in [3.63, 3.8) is 0 Å². The molecule has 0 aliphatic rings. The molecule has 0 aliphatic carbocycles. The Bertz CT molecular complexity index is 380. The highest BCUT2D eigenvalue weighted by Crippen LogP contribution is 2.29. The lowest BCUT2D eigenvalue weighted by atomic mass is 10.2. The zero-order valence-corrected chi connectivity index (χ0v) is 11.0. The minimum atomic E-state index is -0.418. The van der Waals surface area contributed by atoms with E-state index in [1.54, 1.807) is 31.2 Å². The Labute approximate surface area is 108 Å². The number of ether oxygens (including phenoxy) is 1. The molecule has 1 unspecified atom stereocenters. The zero-order chi connectivity index (χ0) is 12.7. The van der Waals surface area contributed by atoms with Crippen molar-refractivity contribution in [3.8, 4) is 0 Å². The van der Waals surface area contributed by atoms with Gasteiger partial charge in [0.05, 0.1) is 5.56 Å². The first-order valence-corrected chi connectivity index (χ1v) is 7.00. The second kappa shape index (κ2) is 7.24. The summed E-state index contributed by atoms with van der Waals surface area (Å²) in [7, 11) is 1.16. The lowest BCUT2D eigenvalue weighted by molar-refractivity contribution is -0.141. The Morgan fingerprint density at radius 2 is 1.88 bits per heavy atom. The van der Waals surface area contributed by atoms with Gasteiger partial charge in [-0.25, -0.2) is 4.79 Å². The Hall–Kier alpha value is -1.14. The number of hydrogen-bond acceptors (Lipinski definition) is 6. The van der Waals surface area contributed by atoms with Gasteiger partial charge in [-0.3, -0.25) is 4.79 Å². The molecular weight excluding hydrogens is 260 g/mol. The average Bonchev–Trinajstić information content (AvgIpc) is 2.29. The number of carbonyl (C=O) groups excluding carboxylic acids is 2. The highest BCUT2D eigenvalue weighted by atomic mass is 33.1. The van der Waals surface area contributed by atoms with E-state index in [1.165, 1.54) is 6.92 Å². The summed E-state index contributed by atoms with van der Waals surface area (Å²) >= 11 is 0.896. The Morgan fingerprint density at radius 1 is 1.24 bits per heavy atom. The molecule has 6 heteroatoms. The van der Waals surface area contributed by atoms with Crippen molar-refractivity contribution >= 4 is 33.8 Å². The van der Waals surface area contributed by atoms with Crippen molar-refractivity contribution in [2.45, 2.75) is 19.3 Å². The second-order valence-corrected chi connectivity index (χ2v) is 5.22. The normalized spacial score (nSPS) is 11.6. The fourth-order valence-corrected chi connectivity index (χ4v) is 2.22. The van der Waals surface area contributed by atoms with E-state index >= 15 is 0 Å². The molecule has 1 aromatic carbocycles. The molecular formula is C11H12O4S2. The summed E-state index contributed by atoms with van der Waals surface area (Å²) in [6, 6.07) is 8.68. The fourth-order valence-electron chi connectivity index (χ4n) is 0.982. The zero-order valence-electron chi connectivity index (χ0n) is 9.41. The van der Waals surface area contributed by atoms with E-state index < -0.39 is 5.97 Å². The molecule has 1 rings (SSSR count). The fraction of sp³-hybridized carbons (Fsp3) is 0.273. The first kappa shape index (κ1) is 13.9. The smallest absolute Gasteiger partial charge is 0.350 e. The summed E-state index contributed by atoms with van der Waals surface area (Å²) in [5, 5.41) is 0. The molecule has 4 nitrogen and oxygen atoms in total. The van der Waals surface area contributed by atoms with Crippen molar-refractivity contribution in [3.05, 3.63) is 35.9 Å². The molecule has 92 valence electrons. The van der Waals surface area contributed by atoms with Crippen LogP contribution in [0.1, 0.15) is 24.2 Å². The molecule has 1 aromatic rings. The molecule has 0 heterocycles. The Kier molecular flexibility index (Phi) is 5.93. The van der Waals surface area contributed by atoms with Crippen LogP contribution in [-0.2, 0) is 13.7 Å². The monoisotopic (exact) mass is 272 g/mol. The summed E-state index contributed by atoms with van der Waals surface area (Å²) < 4.78 is 9.78. The largest absolute Gasteiger partial charge is 0.451 e. The van der Waals surface area contributed by atoms with Crippen LogP contribution in [0.4, 0.5) is 0 Å². The van der Waals surface area contributed by atoms with Crippen molar-refractivity contribution < 1.29 is 18.5 Å². The van der Waals surface area contributed by atoms with Crippen LogP contribution in [0, 0.1) is 0 Å². The number of carbonyl (C=O) groups is 2. The molecule has 0 radical (unpaired) electrons. The molecule has 1 atom stereocenters. The van der Waals surface area contributed by atoms with Crippen molar-refractivity contribution in [1.29, 1.82) is 0 Å². The lowest BCUT2D eigenvalue weighted by Crippen LogP contribution is -2.07. The first-order chi connectivity index (χ1) is 8.09. The first-order valence-electron chi connectivity index (χ1n) is 4.86. The standard InChI is InChI=1S/C11H12O4S2/c1-8(12)14-9(2)16-17-15-11(13)10-6-4-3-5-7-10/h3-7,9H,1-2H3. The van der Waals surface area contributed by atoms with E-state index in [0.29, 0.717) is 5.56 Å². The number of hydrogen-bond donors (Lipinski definition) is 0. The average molecular weight is 272 g/mol. The summed E-state index contributed by atoms with van der Waals surface area (Å²) in [4.78, 5) is 22.1. The van der Waals surface area contributed by atoms with E-state index in [1.807, 2.05) is 6.07 Å². The number of benzene rings is 1. The number of esters is 1. The molecule has 0 fully saturated rings. The summed E-state index contributed by atoms with van der Waals surface area (Å²) in [6.07, 6.45) is 0. The minimum Gasteiger partial charge on any atom is -0.451 e. The predicted molar refractivity (Wildman–Crippen MR) is 68.3 cm³/mol. The van der Waals surface area contributed by atoms with Gasteiger partial charge in [0.15, 0.2) is 5.44 Å². The van der Waals surface area contributed by atoms with Crippen LogP contribution < -0.4 is 0 Å². The SMILES string of the molecule is CC(=O)OC(C)SSOC(=O)c1ccccc1. The van der Waals surface area contributed by atoms with Gasteiger partial charge in [0, 0.05) is 6.92 Å². The Balaban J connectivity index is 2.28. The van der Waals surface area contributed by atoms with E-state index in [4.69, 9.17) is 8.92 Å². The summed E-state index contributed by atoms with van der Waals surface area (Å²) in [5.74, 6) is -0.780. The topological polar surface area (TPSA) is 52.6 Å². The third kappa shape index (κ3) is 5.65. The van der Waals surface area contributed by atoms with Crippen molar-refractivity contribution in [2.75, 3.05) is 0 Å². The highest BCUT2D eigenvalue weighted by molar-refractivity contribution is 8.75. The van der Waals surface area contributed by atoms with E-state index in [0.717, 1.165) is 21.9 Å². The van der Waals surface area contributed by atoms with Gasteiger partial charge in [0.1, 0.15) is 11.1 Å². The molecule has 0 saturated heterocycles. The van der Waals surface area contributed by atoms with Crippen LogP contribution in [0.15, 0.2) is 30.3 Å². The van der Waals surface area contributed by atoms with Gasteiger partial charge >= 0.3 is 11.9 Å². The number of rotatable bonds is 5. The van der Waals surface area contributed by atoms with E-state index in [9.17, 15) is 9.59 Å². The summed E-state index contributed by atoms with van der Waals surface area (Å²) in [5.41, 5.74) is 0.127. The van der Waals surface area contributed by atoms with Crippen LogP contribution in [-0.4, -0.2) is 17.4 Å². The quantitative estimate of drug-likeness (QED) is 0.355. The van der Waals surface area contributed by atoms with Crippen LogP contribution in [0.3, 0.4) is 0 Å². The van der Waals surface area contributed by atoms with Gasteiger partial charge in [-0.05, 0) is 29.9 Å². The molecule has 17 heavy (non-hydrogen) atoms. The van der Waals surface area contributed by atoms with Crippen molar-refractivity contribution in [2.24, 2.45) is 0 Å². The molecule has 0 N–H and O–H groups in total. The summed E-state index contributed by atoms with van der Waals surface area (Å²) in [6.45, 7) is 3.03.